The van der Waals surface area contributed by atoms with Gasteiger partial charge in [-0.3, -0.25) is 0 Å². The molecule has 19 heavy (non-hydrogen) atoms. The number of methoxy groups -OCH3 is 1. The molecule has 0 bridgehead atoms. The first-order valence-corrected chi connectivity index (χ1v) is 6.97. The van der Waals surface area contributed by atoms with Crippen LogP contribution in [0.1, 0.15) is 37.3 Å². The van der Waals surface area contributed by atoms with Gasteiger partial charge in [-0.25, -0.2) is 0 Å². The van der Waals surface area contributed by atoms with E-state index in [-0.39, 0.29) is 12.6 Å². The molecule has 4 N–H and O–H groups in total. The second-order valence-corrected chi connectivity index (χ2v) is 4.72. The van der Waals surface area contributed by atoms with Crippen molar-refractivity contribution in [2.24, 2.45) is 5.73 Å². The van der Waals surface area contributed by atoms with Gasteiger partial charge in [0.2, 0.25) is 0 Å². The summed E-state index contributed by atoms with van der Waals surface area (Å²) in [7, 11) is 1.74. The quantitative estimate of drug-likeness (QED) is 0.568. The van der Waals surface area contributed by atoms with Crippen molar-refractivity contribution in [3.8, 4) is 0 Å². The van der Waals surface area contributed by atoms with Crippen LogP contribution in [0.4, 0.5) is 5.69 Å². The molecule has 0 saturated heterocycles. The SMILES string of the molecule is COCCCCCNc1cccc(C(N)CCO)c1. The van der Waals surface area contributed by atoms with Crippen molar-refractivity contribution >= 4 is 5.69 Å². The van der Waals surface area contributed by atoms with Crippen molar-refractivity contribution in [1.29, 1.82) is 0 Å². The van der Waals surface area contributed by atoms with Gasteiger partial charge in [-0.2, -0.15) is 0 Å². The van der Waals surface area contributed by atoms with Crippen molar-refractivity contribution in [1.82, 2.24) is 0 Å². The highest BCUT2D eigenvalue weighted by Crippen LogP contribution is 2.18. The van der Waals surface area contributed by atoms with Crippen LogP contribution < -0.4 is 11.1 Å². The molecule has 0 aliphatic carbocycles. The maximum Gasteiger partial charge on any atom is 0.0462 e. The molecule has 1 unspecified atom stereocenters. The molecule has 0 radical (unpaired) electrons. The first-order chi connectivity index (χ1) is 9.27. The highest BCUT2D eigenvalue weighted by Gasteiger charge is 2.05. The number of benzene rings is 1. The Bertz CT molecular complexity index is 345. The zero-order valence-electron chi connectivity index (χ0n) is 11.8. The molecular weight excluding hydrogens is 240 g/mol. The van der Waals surface area contributed by atoms with Crippen LogP contribution in [0.5, 0.6) is 0 Å². The number of aliphatic hydroxyl groups excluding tert-OH is 1. The Morgan fingerprint density at radius 1 is 1.32 bits per heavy atom. The Balaban J connectivity index is 2.31. The minimum atomic E-state index is -0.0894. The Morgan fingerprint density at radius 3 is 2.89 bits per heavy atom. The highest BCUT2D eigenvalue weighted by molar-refractivity contribution is 5.46. The molecule has 0 saturated carbocycles. The summed E-state index contributed by atoms with van der Waals surface area (Å²) in [6.45, 7) is 1.92. The summed E-state index contributed by atoms with van der Waals surface area (Å²) in [5.74, 6) is 0. The van der Waals surface area contributed by atoms with Crippen molar-refractivity contribution in [2.75, 3.05) is 32.2 Å². The van der Waals surface area contributed by atoms with Gasteiger partial charge in [0.15, 0.2) is 0 Å². The van der Waals surface area contributed by atoms with Crippen LogP contribution in [0.25, 0.3) is 0 Å². The third-order valence-corrected chi connectivity index (χ3v) is 3.11. The van der Waals surface area contributed by atoms with E-state index in [0.717, 1.165) is 37.2 Å². The number of nitrogens with one attached hydrogen (secondary N) is 1. The topological polar surface area (TPSA) is 67.5 Å². The number of unbranched alkanes of at least 4 members (excludes halogenated alkanes) is 2. The van der Waals surface area contributed by atoms with Crippen molar-refractivity contribution in [2.45, 2.75) is 31.7 Å². The van der Waals surface area contributed by atoms with Gasteiger partial charge < -0.3 is 20.9 Å². The Hall–Kier alpha value is -1.10. The van der Waals surface area contributed by atoms with Crippen molar-refractivity contribution < 1.29 is 9.84 Å². The van der Waals surface area contributed by atoms with E-state index in [1.54, 1.807) is 7.11 Å². The van der Waals surface area contributed by atoms with Gasteiger partial charge in [-0.1, -0.05) is 12.1 Å². The summed E-state index contributed by atoms with van der Waals surface area (Å²) in [4.78, 5) is 0. The number of anilines is 1. The zero-order chi connectivity index (χ0) is 13.9. The first kappa shape index (κ1) is 16.0. The number of nitrogens with two attached hydrogens (primary N) is 1. The number of aliphatic hydroxyl groups is 1. The number of hydrogen-bond acceptors (Lipinski definition) is 4. The Labute approximate surface area is 116 Å². The fourth-order valence-electron chi connectivity index (χ4n) is 1.97. The number of rotatable bonds is 10. The Kier molecular flexibility index (Phi) is 8.21. The molecule has 108 valence electrons. The fraction of sp³-hybridized carbons (Fsp3) is 0.600. The largest absolute Gasteiger partial charge is 0.396 e. The van der Waals surface area contributed by atoms with E-state index in [0.29, 0.717) is 6.42 Å². The molecule has 4 heteroatoms. The molecule has 0 aliphatic rings. The summed E-state index contributed by atoms with van der Waals surface area (Å²) in [6, 6.07) is 8.03. The summed E-state index contributed by atoms with van der Waals surface area (Å²) in [5.41, 5.74) is 8.15. The standard InChI is InChI=1S/C15H26N2O2/c1-19-11-4-2-3-9-17-14-7-5-6-13(12-14)15(16)8-10-18/h5-7,12,15,17-18H,2-4,8-11,16H2,1H3. The molecule has 0 aliphatic heterocycles. The smallest absolute Gasteiger partial charge is 0.0462 e. The average Bonchev–Trinajstić information content (AvgIpc) is 2.43. The van der Waals surface area contributed by atoms with E-state index in [2.05, 4.69) is 11.4 Å². The maximum absolute atomic E-state index is 8.91. The fourth-order valence-corrected chi connectivity index (χ4v) is 1.97. The van der Waals surface area contributed by atoms with Crippen LogP contribution in [-0.2, 0) is 4.74 Å². The van der Waals surface area contributed by atoms with E-state index < -0.39 is 0 Å². The lowest BCUT2D eigenvalue weighted by Crippen LogP contribution is -2.12. The number of ether oxygens (including phenoxy) is 1. The predicted octanol–water partition coefficient (Wildman–Crippen LogP) is 2.30. The lowest BCUT2D eigenvalue weighted by molar-refractivity contribution is 0.192. The molecule has 0 amide bonds. The molecule has 4 nitrogen and oxygen atoms in total. The van der Waals surface area contributed by atoms with Crippen LogP contribution in [0.15, 0.2) is 24.3 Å². The average molecular weight is 266 g/mol. The maximum atomic E-state index is 8.91. The van der Waals surface area contributed by atoms with Gasteiger partial charge in [-0.05, 0) is 43.4 Å². The van der Waals surface area contributed by atoms with Gasteiger partial charge in [0, 0.05) is 38.6 Å². The van der Waals surface area contributed by atoms with Crippen molar-refractivity contribution in [3.05, 3.63) is 29.8 Å². The van der Waals surface area contributed by atoms with E-state index in [1.807, 2.05) is 18.2 Å². The van der Waals surface area contributed by atoms with Crippen LogP contribution in [0.2, 0.25) is 0 Å². The Morgan fingerprint density at radius 2 is 2.16 bits per heavy atom. The van der Waals surface area contributed by atoms with Gasteiger partial charge in [0.05, 0.1) is 0 Å². The molecular formula is C15H26N2O2. The van der Waals surface area contributed by atoms with Crippen molar-refractivity contribution in [3.63, 3.8) is 0 Å². The van der Waals surface area contributed by atoms with Gasteiger partial charge in [0.1, 0.15) is 0 Å². The molecule has 1 atom stereocenters. The first-order valence-electron chi connectivity index (χ1n) is 6.97. The monoisotopic (exact) mass is 266 g/mol. The summed E-state index contributed by atoms with van der Waals surface area (Å²) in [6.07, 6.45) is 4.01. The van der Waals surface area contributed by atoms with Gasteiger partial charge >= 0.3 is 0 Å². The van der Waals surface area contributed by atoms with E-state index in [4.69, 9.17) is 15.6 Å². The molecule has 0 heterocycles. The molecule has 1 rings (SSSR count). The minimum absolute atomic E-state index is 0.0894. The molecule has 1 aromatic rings. The molecule has 0 spiro atoms. The normalized spacial score (nSPS) is 12.4. The third-order valence-electron chi connectivity index (χ3n) is 3.11. The lowest BCUT2D eigenvalue weighted by atomic mass is 10.0. The molecule has 0 aromatic heterocycles. The van der Waals surface area contributed by atoms with Crippen LogP contribution in [0, 0.1) is 0 Å². The van der Waals surface area contributed by atoms with Gasteiger partial charge in [-0.15, -0.1) is 0 Å². The van der Waals surface area contributed by atoms with E-state index >= 15 is 0 Å². The van der Waals surface area contributed by atoms with Crippen LogP contribution in [-0.4, -0.2) is 32.0 Å². The third kappa shape index (κ3) is 6.57. The lowest BCUT2D eigenvalue weighted by Gasteiger charge is -2.13. The van der Waals surface area contributed by atoms with E-state index in [9.17, 15) is 0 Å². The molecule has 0 fully saturated rings. The summed E-state index contributed by atoms with van der Waals surface area (Å²) in [5, 5.41) is 12.3. The second kappa shape index (κ2) is 9.78. The minimum Gasteiger partial charge on any atom is -0.396 e. The predicted molar refractivity (Wildman–Crippen MR) is 79.3 cm³/mol. The summed E-state index contributed by atoms with van der Waals surface area (Å²) < 4.78 is 5.02. The van der Waals surface area contributed by atoms with E-state index in [1.165, 1.54) is 6.42 Å². The second-order valence-electron chi connectivity index (χ2n) is 4.72. The molecule has 1 aromatic carbocycles. The summed E-state index contributed by atoms with van der Waals surface area (Å²) >= 11 is 0. The van der Waals surface area contributed by atoms with Crippen LogP contribution in [0.3, 0.4) is 0 Å². The highest BCUT2D eigenvalue weighted by atomic mass is 16.5. The zero-order valence-corrected chi connectivity index (χ0v) is 11.8. The van der Waals surface area contributed by atoms with Crippen LogP contribution >= 0.6 is 0 Å². The number of hydrogen-bond donors (Lipinski definition) is 3. The van der Waals surface area contributed by atoms with Gasteiger partial charge in [0.25, 0.3) is 0 Å².